The zero-order valence-corrected chi connectivity index (χ0v) is 12.3. The lowest BCUT2D eigenvalue weighted by atomic mass is 10.1. The molecular formula is C17H8ClNO4. The molecule has 0 fully saturated rings. The third kappa shape index (κ3) is 2.22. The molecule has 2 aromatic carbocycles. The van der Waals surface area contributed by atoms with Gasteiger partial charge in [0.05, 0.1) is 5.56 Å². The summed E-state index contributed by atoms with van der Waals surface area (Å²) < 4.78 is 10.4. The van der Waals surface area contributed by atoms with Crippen molar-refractivity contribution in [2.24, 2.45) is 4.99 Å². The van der Waals surface area contributed by atoms with E-state index in [2.05, 4.69) is 4.99 Å². The Morgan fingerprint density at radius 2 is 1.52 bits per heavy atom. The number of halogens is 1. The zero-order chi connectivity index (χ0) is 16.0. The van der Waals surface area contributed by atoms with E-state index in [1.807, 2.05) is 0 Å². The summed E-state index contributed by atoms with van der Waals surface area (Å²) in [5, 5.41) is 0.566. The van der Waals surface area contributed by atoms with Gasteiger partial charge < -0.3 is 9.47 Å². The molecule has 0 aromatic heterocycles. The number of rotatable bonds is 1. The quantitative estimate of drug-likeness (QED) is 0.596. The third-order valence-electron chi connectivity index (χ3n) is 3.49. The highest BCUT2D eigenvalue weighted by Gasteiger charge is 2.35. The Hall–Kier alpha value is -2.92. The molecule has 0 spiro atoms. The molecule has 0 aliphatic carbocycles. The van der Waals surface area contributed by atoms with Crippen LogP contribution in [0.25, 0.3) is 5.76 Å². The fraction of sp³-hybridized carbons (Fsp3) is 0. The van der Waals surface area contributed by atoms with Crippen molar-refractivity contribution in [1.29, 1.82) is 0 Å². The number of nitrogens with zero attached hydrogens (tertiary/aromatic N) is 1. The van der Waals surface area contributed by atoms with E-state index in [4.69, 9.17) is 21.1 Å². The molecule has 4 rings (SSSR count). The zero-order valence-electron chi connectivity index (χ0n) is 11.6. The topological polar surface area (TPSA) is 65.0 Å². The average Bonchev–Trinajstić information content (AvgIpc) is 3.09. The lowest BCUT2D eigenvalue weighted by Gasteiger charge is -1.99. The van der Waals surface area contributed by atoms with Crippen molar-refractivity contribution in [3.63, 3.8) is 0 Å². The van der Waals surface area contributed by atoms with Gasteiger partial charge in [-0.15, -0.1) is 0 Å². The van der Waals surface area contributed by atoms with Gasteiger partial charge in [0.25, 0.3) is 0 Å². The maximum atomic E-state index is 12.1. The molecule has 0 unspecified atom stereocenters. The van der Waals surface area contributed by atoms with Crippen LogP contribution >= 0.6 is 11.6 Å². The molecule has 0 atom stereocenters. The predicted molar refractivity (Wildman–Crippen MR) is 82.9 cm³/mol. The van der Waals surface area contributed by atoms with E-state index in [0.29, 0.717) is 21.7 Å². The van der Waals surface area contributed by atoms with E-state index < -0.39 is 11.9 Å². The van der Waals surface area contributed by atoms with Crippen LogP contribution in [0.3, 0.4) is 0 Å². The van der Waals surface area contributed by atoms with Gasteiger partial charge >= 0.3 is 11.9 Å². The van der Waals surface area contributed by atoms with Crippen LogP contribution in [0.4, 0.5) is 0 Å². The molecule has 2 aromatic rings. The number of hydrogen-bond acceptors (Lipinski definition) is 5. The molecule has 23 heavy (non-hydrogen) atoms. The van der Waals surface area contributed by atoms with Crippen LogP contribution in [0.5, 0.6) is 0 Å². The average molecular weight is 326 g/mol. The monoisotopic (exact) mass is 325 g/mol. The molecule has 0 saturated carbocycles. The summed E-state index contributed by atoms with van der Waals surface area (Å²) in [7, 11) is 0. The van der Waals surface area contributed by atoms with Crippen molar-refractivity contribution in [3.8, 4) is 0 Å². The van der Waals surface area contributed by atoms with E-state index in [0.717, 1.165) is 0 Å². The largest absolute Gasteiger partial charge is 0.420 e. The van der Waals surface area contributed by atoms with Crippen molar-refractivity contribution in [2.45, 2.75) is 0 Å². The van der Waals surface area contributed by atoms with Gasteiger partial charge in [-0.2, -0.15) is 0 Å². The number of carbonyl (C=O) groups excluding carboxylic acids is 2. The molecule has 2 aliphatic heterocycles. The number of esters is 2. The Morgan fingerprint density at radius 1 is 0.826 bits per heavy atom. The summed E-state index contributed by atoms with van der Waals surface area (Å²) in [5.41, 5.74) is 1.52. The first-order valence-electron chi connectivity index (χ1n) is 6.76. The molecule has 0 bridgehead atoms. The molecule has 6 heteroatoms. The van der Waals surface area contributed by atoms with Gasteiger partial charge in [0, 0.05) is 16.1 Å². The Morgan fingerprint density at radius 3 is 2.26 bits per heavy atom. The van der Waals surface area contributed by atoms with Crippen LogP contribution in [0.1, 0.15) is 21.5 Å². The van der Waals surface area contributed by atoms with Crippen molar-refractivity contribution in [3.05, 3.63) is 75.9 Å². The molecular weight excluding hydrogens is 318 g/mol. The molecule has 112 valence electrons. The number of carbonyl (C=O) groups is 2. The number of aliphatic imine (C=N–C) groups is 1. The Bertz CT molecular complexity index is 912. The summed E-state index contributed by atoms with van der Waals surface area (Å²) in [6, 6.07) is 13.5. The normalized spacial score (nSPS) is 19.3. The SMILES string of the molecule is O=C1OC(c2ccc(Cl)cc2)=NC1=C1OC(=O)c2ccccc21. The van der Waals surface area contributed by atoms with Crippen molar-refractivity contribution < 1.29 is 19.1 Å². The van der Waals surface area contributed by atoms with Crippen LogP contribution in [0.2, 0.25) is 5.02 Å². The summed E-state index contributed by atoms with van der Waals surface area (Å²) in [6.45, 7) is 0. The number of hydrogen-bond donors (Lipinski definition) is 0. The van der Waals surface area contributed by atoms with Gasteiger partial charge in [0.15, 0.2) is 11.5 Å². The molecule has 2 heterocycles. The van der Waals surface area contributed by atoms with Gasteiger partial charge in [-0.25, -0.2) is 14.6 Å². The van der Waals surface area contributed by atoms with Crippen molar-refractivity contribution >= 4 is 35.2 Å². The van der Waals surface area contributed by atoms with Crippen LogP contribution < -0.4 is 0 Å². The lowest BCUT2D eigenvalue weighted by molar-refractivity contribution is -0.130. The van der Waals surface area contributed by atoms with Gasteiger partial charge in [-0.05, 0) is 30.3 Å². The first kappa shape index (κ1) is 13.7. The van der Waals surface area contributed by atoms with E-state index in [1.165, 1.54) is 0 Å². The predicted octanol–water partition coefficient (Wildman–Crippen LogP) is 3.18. The Balaban J connectivity index is 1.82. The fourth-order valence-electron chi connectivity index (χ4n) is 2.40. The fourth-order valence-corrected chi connectivity index (χ4v) is 2.53. The molecule has 0 N–H and O–H groups in total. The molecule has 5 nitrogen and oxygen atoms in total. The summed E-state index contributed by atoms with van der Waals surface area (Å²) in [6.07, 6.45) is 0. The first-order chi connectivity index (χ1) is 11.1. The van der Waals surface area contributed by atoms with Gasteiger partial charge in [0.2, 0.25) is 5.90 Å². The molecule has 0 amide bonds. The van der Waals surface area contributed by atoms with Crippen molar-refractivity contribution in [1.82, 2.24) is 0 Å². The van der Waals surface area contributed by atoms with Crippen LogP contribution in [-0.4, -0.2) is 17.8 Å². The first-order valence-corrected chi connectivity index (χ1v) is 7.14. The third-order valence-corrected chi connectivity index (χ3v) is 3.74. The second-order valence-electron chi connectivity index (χ2n) is 4.93. The minimum absolute atomic E-state index is 0.0201. The van der Waals surface area contributed by atoms with E-state index in [-0.39, 0.29) is 17.4 Å². The number of ether oxygens (including phenoxy) is 2. The summed E-state index contributed by atoms with van der Waals surface area (Å²) >= 11 is 5.84. The van der Waals surface area contributed by atoms with E-state index in [9.17, 15) is 9.59 Å². The Labute approximate surface area is 135 Å². The number of cyclic esters (lactones) is 2. The van der Waals surface area contributed by atoms with Gasteiger partial charge in [-0.3, -0.25) is 0 Å². The molecule has 2 aliphatic rings. The highest BCUT2D eigenvalue weighted by Crippen LogP contribution is 2.34. The second kappa shape index (κ2) is 5.07. The highest BCUT2D eigenvalue weighted by atomic mass is 35.5. The van der Waals surface area contributed by atoms with Crippen LogP contribution in [0.15, 0.2) is 59.2 Å². The number of benzene rings is 2. The van der Waals surface area contributed by atoms with E-state index in [1.54, 1.807) is 48.5 Å². The minimum Gasteiger partial charge on any atom is -0.420 e. The summed E-state index contributed by atoms with van der Waals surface area (Å²) in [5.74, 6) is -0.894. The molecule has 0 saturated heterocycles. The second-order valence-corrected chi connectivity index (χ2v) is 5.36. The van der Waals surface area contributed by atoms with Gasteiger partial charge in [-0.1, -0.05) is 29.8 Å². The lowest BCUT2D eigenvalue weighted by Crippen LogP contribution is -2.06. The Kier molecular flexibility index (Phi) is 3.02. The maximum absolute atomic E-state index is 12.1. The maximum Gasteiger partial charge on any atom is 0.367 e. The van der Waals surface area contributed by atoms with Gasteiger partial charge in [0.1, 0.15) is 0 Å². The minimum atomic E-state index is -0.658. The smallest absolute Gasteiger partial charge is 0.367 e. The molecule has 0 radical (unpaired) electrons. The number of fused-ring (bicyclic) bond motifs is 1. The van der Waals surface area contributed by atoms with E-state index >= 15 is 0 Å². The van der Waals surface area contributed by atoms with Crippen LogP contribution in [-0.2, 0) is 14.3 Å². The standard InChI is InChI=1S/C17H8ClNO4/c18-10-7-5-9(6-8-10)15-19-13(17(21)23-15)14-11-3-1-2-4-12(11)16(20)22-14/h1-8H. The summed E-state index contributed by atoms with van der Waals surface area (Å²) in [4.78, 5) is 28.2. The highest BCUT2D eigenvalue weighted by molar-refractivity contribution is 6.30. The van der Waals surface area contributed by atoms with Crippen molar-refractivity contribution in [2.75, 3.05) is 0 Å². The van der Waals surface area contributed by atoms with Crippen LogP contribution in [0, 0.1) is 0 Å².